The van der Waals surface area contributed by atoms with Crippen LogP contribution in [0.4, 0.5) is 0 Å². The number of hydrogen-bond acceptors (Lipinski definition) is 3. The van der Waals surface area contributed by atoms with E-state index in [1.807, 2.05) is 18.2 Å². The summed E-state index contributed by atoms with van der Waals surface area (Å²) in [6.07, 6.45) is 1.05. The van der Waals surface area contributed by atoms with Gasteiger partial charge in [-0.2, -0.15) is 0 Å². The smallest absolute Gasteiger partial charge is 0.323 e. The Morgan fingerprint density at radius 1 is 1.26 bits per heavy atom. The molecule has 0 saturated carbocycles. The number of hydrogen-bond donors (Lipinski definition) is 4. The van der Waals surface area contributed by atoms with Gasteiger partial charge in [-0.05, 0) is 42.6 Å². The van der Waals surface area contributed by atoms with Gasteiger partial charge in [-0.25, -0.2) is 4.79 Å². The average molecular weight is 262 g/mol. The van der Waals surface area contributed by atoms with E-state index in [0.29, 0.717) is 6.54 Å². The second-order valence-corrected chi connectivity index (χ2v) is 5.75. The highest BCUT2D eigenvalue weighted by molar-refractivity contribution is 5.74. The number of nitrogens with one attached hydrogen (secondary N) is 3. The molecule has 1 aromatic heterocycles. The molecule has 0 radical (unpaired) electrons. The number of fused-ring (bicyclic) bond motifs is 1. The van der Waals surface area contributed by atoms with Crippen LogP contribution in [0.1, 0.15) is 25.8 Å². The normalized spacial score (nSPS) is 12.2. The lowest BCUT2D eigenvalue weighted by molar-refractivity contribution is 0.339. The third-order valence-corrected chi connectivity index (χ3v) is 3.44. The van der Waals surface area contributed by atoms with Gasteiger partial charge in [0.2, 0.25) is 0 Å². The van der Waals surface area contributed by atoms with Crippen LogP contribution < -0.4 is 16.7 Å². The molecule has 5 N–H and O–H groups in total. The molecule has 0 saturated heterocycles. The molecule has 0 aliphatic rings. The molecule has 0 atom stereocenters. The zero-order valence-corrected chi connectivity index (χ0v) is 11.5. The van der Waals surface area contributed by atoms with Crippen molar-refractivity contribution in [2.24, 2.45) is 11.1 Å². The molecule has 1 aromatic carbocycles. The van der Waals surface area contributed by atoms with E-state index < -0.39 is 0 Å². The zero-order chi connectivity index (χ0) is 13.9. The van der Waals surface area contributed by atoms with Crippen molar-refractivity contribution in [3.63, 3.8) is 0 Å². The van der Waals surface area contributed by atoms with Gasteiger partial charge >= 0.3 is 5.69 Å². The van der Waals surface area contributed by atoms with Gasteiger partial charge in [-0.1, -0.05) is 19.9 Å². The number of nitrogens with two attached hydrogens (primary N) is 1. The molecule has 0 amide bonds. The first-order valence-electron chi connectivity index (χ1n) is 6.62. The van der Waals surface area contributed by atoms with Crippen molar-refractivity contribution < 1.29 is 0 Å². The van der Waals surface area contributed by atoms with Gasteiger partial charge in [-0.3, -0.25) is 0 Å². The lowest BCUT2D eigenvalue weighted by Crippen LogP contribution is -2.28. The first-order chi connectivity index (χ1) is 9.00. The van der Waals surface area contributed by atoms with E-state index >= 15 is 0 Å². The highest BCUT2D eigenvalue weighted by Crippen LogP contribution is 2.17. The molecule has 0 aliphatic heterocycles. The predicted octanol–water partition coefficient (Wildman–Crippen LogP) is 1.32. The van der Waals surface area contributed by atoms with Crippen molar-refractivity contribution in [1.82, 2.24) is 15.3 Å². The second kappa shape index (κ2) is 5.59. The Labute approximate surface area is 112 Å². The number of aromatic nitrogens is 2. The lowest BCUT2D eigenvalue weighted by atomic mass is 9.90. The van der Waals surface area contributed by atoms with Gasteiger partial charge < -0.3 is 21.0 Å². The van der Waals surface area contributed by atoms with Crippen molar-refractivity contribution in [3.8, 4) is 0 Å². The van der Waals surface area contributed by atoms with Crippen molar-refractivity contribution in [3.05, 3.63) is 34.2 Å². The minimum Gasteiger partial charge on any atom is -0.330 e. The summed E-state index contributed by atoms with van der Waals surface area (Å²) in [7, 11) is 0. The zero-order valence-electron chi connectivity index (χ0n) is 11.5. The van der Waals surface area contributed by atoms with Crippen LogP contribution in [0.3, 0.4) is 0 Å². The molecule has 1 heterocycles. The van der Waals surface area contributed by atoms with Crippen LogP contribution in [0.25, 0.3) is 11.0 Å². The molecule has 2 rings (SSSR count). The number of rotatable bonds is 6. The van der Waals surface area contributed by atoms with Crippen molar-refractivity contribution in [2.45, 2.75) is 26.8 Å². The van der Waals surface area contributed by atoms with Gasteiger partial charge in [0.15, 0.2) is 0 Å². The molecule has 19 heavy (non-hydrogen) atoms. The molecule has 0 aliphatic carbocycles. The van der Waals surface area contributed by atoms with E-state index in [-0.39, 0.29) is 11.1 Å². The van der Waals surface area contributed by atoms with Crippen molar-refractivity contribution >= 4 is 11.0 Å². The molecule has 0 fully saturated rings. The van der Waals surface area contributed by atoms with Gasteiger partial charge in [-0.15, -0.1) is 0 Å². The summed E-state index contributed by atoms with van der Waals surface area (Å²) in [4.78, 5) is 16.7. The van der Waals surface area contributed by atoms with Gasteiger partial charge in [0.25, 0.3) is 0 Å². The molecule has 5 nitrogen and oxygen atoms in total. The minimum atomic E-state index is -0.162. The summed E-state index contributed by atoms with van der Waals surface area (Å²) in [5.74, 6) is 0. The third kappa shape index (κ3) is 3.68. The molecular weight excluding hydrogens is 240 g/mol. The van der Waals surface area contributed by atoms with E-state index in [2.05, 4.69) is 29.1 Å². The Balaban J connectivity index is 1.89. The van der Waals surface area contributed by atoms with Crippen LogP contribution >= 0.6 is 0 Å². The Morgan fingerprint density at radius 2 is 2.00 bits per heavy atom. The minimum absolute atomic E-state index is 0.162. The topological polar surface area (TPSA) is 86.7 Å². The molecular formula is C14H22N4O. The standard InChI is InChI=1S/C14H22N4O/c1-14(2,9-15)5-6-16-8-10-3-4-11-12(7-10)18-13(19)17-11/h3-4,7,16H,5-6,8-9,15H2,1-2H3,(H2,17,18,19). The number of aromatic amines is 2. The third-order valence-electron chi connectivity index (χ3n) is 3.44. The van der Waals surface area contributed by atoms with Crippen LogP contribution in [0.5, 0.6) is 0 Å². The highest BCUT2D eigenvalue weighted by Gasteiger charge is 2.14. The van der Waals surface area contributed by atoms with Gasteiger partial charge in [0, 0.05) is 6.54 Å². The Hall–Kier alpha value is -1.59. The first kappa shape index (κ1) is 13.8. The lowest BCUT2D eigenvalue weighted by Gasteiger charge is -2.22. The fraction of sp³-hybridized carbons (Fsp3) is 0.500. The molecule has 0 bridgehead atoms. The number of imidazole rings is 1. The number of H-pyrrole nitrogens is 2. The highest BCUT2D eigenvalue weighted by atomic mass is 16.1. The summed E-state index contributed by atoms with van der Waals surface area (Å²) in [6, 6.07) is 5.94. The van der Waals surface area contributed by atoms with E-state index in [1.165, 1.54) is 0 Å². The Kier molecular flexibility index (Phi) is 4.07. The summed E-state index contributed by atoms with van der Waals surface area (Å²) in [6.45, 7) is 6.78. The summed E-state index contributed by atoms with van der Waals surface area (Å²) in [5, 5.41) is 3.41. The second-order valence-electron chi connectivity index (χ2n) is 5.75. The van der Waals surface area contributed by atoms with Crippen LogP contribution in [0, 0.1) is 5.41 Å². The molecule has 5 heteroatoms. The van der Waals surface area contributed by atoms with Crippen LogP contribution in [0.2, 0.25) is 0 Å². The maximum atomic E-state index is 11.2. The summed E-state index contributed by atoms with van der Waals surface area (Å²) < 4.78 is 0. The molecule has 0 unspecified atom stereocenters. The Bertz CT molecular complexity index is 597. The van der Waals surface area contributed by atoms with Crippen molar-refractivity contribution in [2.75, 3.05) is 13.1 Å². The largest absolute Gasteiger partial charge is 0.330 e. The maximum absolute atomic E-state index is 11.2. The van der Waals surface area contributed by atoms with E-state index in [9.17, 15) is 4.79 Å². The molecule has 2 aromatic rings. The van der Waals surface area contributed by atoms with Crippen LogP contribution in [-0.4, -0.2) is 23.1 Å². The predicted molar refractivity (Wildman–Crippen MR) is 78.1 cm³/mol. The molecule has 104 valence electrons. The summed E-state index contributed by atoms with van der Waals surface area (Å²) in [5.41, 5.74) is 8.58. The Morgan fingerprint density at radius 3 is 2.74 bits per heavy atom. The van der Waals surface area contributed by atoms with Crippen LogP contribution in [-0.2, 0) is 6.54 Å². The number of benzene rings is 1. The van der Waals surface area contributed by atoms with E-state index in [4.69, 9.17) is 5.73 Å². The molecule has 0 spiro atoms. The average Bonchev–Trinajstić information content (AvgIpc) is 2.74. The van der Waals surface area contributed by atoms with Crippen LogP contribution in [0.15, 0.2) is 23.0 Å². The van der Waals surface area contributed by atoms with Crippen molar-refractivity contribution in [1.29, 1.82) is 0 Å². The van der Waals surface area contributed by atoms with Gasteiger partial charge in [0.05, 0.1) is 11.0 Å². The SMILES string of the molecule is CC(C)(CN)CCNCc1ccc2[nH]c(=O)[nH]c2c1. The van der Waals surface area contributed by atoms with Gasteiger partial charge in [0.1, 0.15) is 0 Å². The fourth-order valence-corrected chi connectivity index (χ4v) is 1.95. The fourth-order valence-electron chi connectivity index (χ4n) is 1.95. The van der Waals surface area contributed by atoms with E-state index in [1.54, 1.807) is 0 Å². The summed E-state index contributed by atoms with van der Waals surface area (Å²) >= 11 is 0. The van der Waals surface area contributed by atoms with E-state index in [0.717, 1.165) is 36.1 Å². The quantitative estimate of drug-likeness (QED) is 0.592. The first-order valence-corrected chi connectivity index (χ1v) is 6.62. The maximum Gasteiger partial charge on any atom is 0.323 e. The monoisotopic (exact) mass is 262 g/mol.